The standard InChI is InChI=1S/C27H30FNO5S/c1-3-26-14-13-25(2)22(23(26)9-7-17-15-19(30)8-10-21(17)26)11-12-27(25,28)34-24(31)18-5-4-6-20(16-18)35(29,32)33/h3-6,8,10,15-16,22-23,30H,1,7,9,11-14H2,2H3,(H2,29,32,33)/t22-,23-,25-,26+,27-/m0/s1. The summed E-state index contributed by atoms with van der Waals surface area (Å²) in [4.78, 5) is 12.7. The van der Waals surface area contributed by atoms with Crippen molar-refractivity contribution in [2.45, 2.75) is 61.6 Å². The first-order chi connectivity index (χ1) is 16.4. The molecule has 0 radical (unpaired) electrons. The minimum Gasteiger partial charge on any atom is -0.508 e. The summed E-state index contributed by atoms with van der Waals surface area (Å²) in [5, 5.41) is 15.2. The third-order valence-electron chi connectivity index (χ3n) is 8.99. The number of carbonyl (C=O) groups excluding carboxylic acids is 1. The molecule has 5 atom stereocenters. The molecule has 0 saturated heterocycles. The zero-order chi connectivity index (χ0) is 25.2. The van der Waals surface area contributed by atoms with Gasteiger partial charge in [-0.05, 0) is 85.4 Å². The van der Waals surface area contributed by atoms with Crippen molar-refractivity contribution in [2.24, 2.45) is 22.4 Å². The van der Waals surface area contributed by atoms with Gasteiger partial charge in [-0.1, -0.05) is 25.1 Å². The molecule has 2 aromatic rings. The molecule has 5 rings (SSSR count). The molecule has 0 bridgehead atoms. The average Bonchev–Trinajstić information content (AvgIpc) is 3.08. The summed E-state index contributed by atoms with van der Waals surface area (Å²) in [7, 11) is -4.01. The highest BCUT2D eigenvalue weighted by molar-refractivity contribution is 7.89. The average molecular weight is 500 g/mol. The summed E-state index contributed by atoms with van der Waals surface area (Å²) < 4.78 is 45.5. The highest BCUT2D eigenvalue weighted by atomic mass is 32.2. The minimum atomic E-state index is -4.01. The molecule has 0 aliphatic heterocycles. The molecule has 0 spiro atoms. The van der Waals surface area contributed by atoms with Crippen LogP contribution in [0.15, 0.2) is 60.0 Å². The maximum atomic E-state index is 16.6. The van der Waals surface area contributed by atoms with Gasteiger partial charge in [0.1, 0.15) is 5.75 Å². The van der Waals surface area contributed by atoms with Crippen molar-refractivity contribution in [2.75, 3.05) is 0 Å². The Bertz CT molecular complexity index is 1330. The zero-order valence-electron chi connectivity index (χ0n) is 19.7. The number of sulfonamides is 1. The molecule has 0 unspecified atom stereocenters. The van der Waals surface area contributed by atoms with E-state index in [-0.39, 0.29) is 39.9 Å². The summed E-state index contributed by atoms with van der Waals surface area (Å²) in [5.41, 5.74) is 1.01. The zero-order valence-corrected chi connectivity index (χ0v) is 20.5. The lowest BCUT2D eigenvalue weighted by atomic mass is 9.48. The van der Waals surface area contributed by atoms with E-state index >= 15 is 4.39 Å². The highest BCUT2D eigenvalue weighted by Gasteiger charge is 2.67. The number of alkyl halides is 1. The van der Waals surface area contributed by atoms with Crippen LogP contribution in [-0.4, -0.2) is 25.3 Å². The number of phenols is 1. The second-order valence-electron chi connectivity index (χ2n) is 10.5. The van der Waals surface area contributed by atoms with E-state index < -0.39 is 27.3 Å². The van der Waals surface area contributed by atoms with Crippen LogP contribution in [-0.2, 0) is 26.6 Å². The number of nitrogens with two attached hydrogens (primary N) is 1. The number of phenolic OH excluding ortho intramolecular Hbond substituents is 1. The van der Waals surface area contributed by atoms with Crippen molar-refractivity contribution in [3.8, 4) is 5.75 Å². The van der Waals surface area contributed by atoms with Gasteiger partial charge in [-0.2, -0.15) is 4.39 Å². The number of primary sulfonamides is 1. The van der Waals surface area contributed by atoms with E-state index in [2.05, 4.69) is 6.58 Å². The number of fused-ring (bicyclic) bond motifs is 5. The number of aromatic hydroxyl groups is 1. The predicted molar refractivity (Wildman–Crippen MR) is 129 cm³/mol. The Morgan fingerprint density at radius 2 is 1.94 bits per heavy atom. The quantitative estimate of drug-likeness (QED) is 0.466. The van der Waals surface area contributed by atoms with Crippen LogP contribution in [0, 0.1) is 17.3 Å². The number of halogens is 1. The second-order valence-corrected chi connectivity index (χ2v) is 12.0. The van der Waals surface area contributed by atoms with E-state index in [1.165, 1.54) is 18.2 Å². The molecular formula is C27H30FNO5S. The van der Waals surface area contributed by atoms with Gasteiger partial charge < -0.3 is 9.84 Å². The molecule has 35 heavy (non-hydrogen) atoms. The largest absolute Gasteiger partial charge is 0.508 e. The molecule has 2 aromatic carbocycles. The van der Waals surface area contributed by atoms with Crippen molar-refractivity contribution in [1.82, 2.24) is 0 Å². The Kier molecular flexibility index (Phi) is 5.42. The van der Waals surface area contributed by atoms with Crippen LogP contribution in [0.4, 0.5) is 4.39 Å². The Morgan fingerprint density at radius 1 is 1.17 bits per heavy atom. The third kappa shape index (κ3) is 3.52. The SMILES string of the molecule is C=C[C@]12CC[C@@]3(C)[C@@H](CC[C@]3(F)OC(=O)c3cccc(S(N)(=O)=O)c3)[C@@H]1CCc1cc(O)ccc12. The number of esters is 1. The fourth-order valence-corrected chi connectivity index (χ4v) is 7.69. The molecule has 3 aliphatic rings. The molecule has 0 heterocycles. The summed E-state index contributed by atoms with van der Waals surface area (Å²) >= 11 is 0. The number of hydrogen-bond donors (Lipinski definition) is 2. The van der Waals surface area contributed by atoms with E-state index in [4.69, 9.17) is 9.88 Å². The van der Waals surface area contributed by atoms with E-state index in [9.17, 15) is 18.3 Å². The van der Waals surface area contributed by atoms with Gasteiger partial charge in [0, 0.05) is 17.3 Å². The van der Waals surface area contributed by atoms with Crippen LogP contribution in [0.5, 0.6) is 5.75 Å². The summed E-state index contributed by atoms with van der Waals surface area (Å²) in [6, 6.07) is 10.7. The van der Waals surface area contributed by atoms with Crippen molar-refractivity contribution in [1.29, 1.82) is 0 Å². The van der Waals surface area contributed by atoms with Gasteiger partial charge in [0.2, 0.25) is 10.0 Å². The van der Waals surface area contributed by atoms with Crippen LogP contribution >= 0.6 is 0 Å². The first kappa shape index (κ1) is 24.0. The van der Waals surface area contributed by atoms with Crippen molar-refractivity contribution >= 4 is 16.0 Å². The van der Waals surface area contributed by atoms with E-state index in [0.717, 1.165) is 30.0 Å². The molecular weight excluding hydrogens is 469 g/mol. The van der Waals surface area contributed by atoms with Gasteiger partial charge in [-0.25, -0.2) is 18.4 Å². The van der Waals surface area contributed by atoms with Gasteiger partial charge in [-0.15, -0.1) is 6.58 Å². The van der Waals surface area contributed by atoms with Crippen LogP contribution in [0.25, 0.3) is 0 Å². The molecule has 186 valence electrons. The Labute approximate surface area is 205 Å². The molecule has 2 fully saturated rings. The Balaban J connectivity index is 1.46. The van der Waals surface area contributed by atoms with Crippen molar-refractivity contribution < 1.29 is 27.4 Å². The van der Waals surface area contributed by atoms with Crippen LogP contribution in [0.1, 0.15) is 60.5 Å². The number of ether oxygens (including phenoxy) is 1. The lowest BCUT2D eigenvalue weighted by Crippen LogP contribution is -2.55. The van der Waals surface area contributed by atoms with Crippen molar-refractivity contribution in [3.63, 3.8) is 0 Å². The molecule has 2 saturated carbocycles. The smallest absolute Gasteiger partial charge is 0.340 e. The lowest BCUT2D eigenvalue weighted by molar-refractivity contribution is -0.194. The summed E-state index contributed by atoms with van der Waals surface area (Å²) in [6.45, 7) is 6.04. The normalized spacial score (nSPS) is 33.8. The predicted octanol–water partition coefficient (Wildman–Crippen LogP) is 4.76. The summed E-state index contributed by atoms with van der Waals surface area (Å²) in [6.07, 6.45) is 5.44. The maximum Gasteiger partial charge on any atom is 0.340 e. The van der Waals surface area contributed by atoms with Gasteiger partial charge in [0.25, 0.3) is 5.85 Å². The van der Waals surface area contributed by atoms with Crippen molar-refractivity contribution in [3.05, 3.63) is 71.8 Å². The number of carbonyl (C=O) groups is 1. The monoisotopic (exact) mass is 499 g/mol. The maximum absolute atomic E-state index is 16.6. The van der Waals surface area contributed by atoms with Gasteiger partial charge in [0.15, 0.2) is 0 Å². The van der Waals surface area contributed by atoms with Crippen LogP contribution in [0.3, 0.4) is 0 Å². The minimum absolute atomic E-state index is 0.0234. The Hall–Kier alpha value is -2.71. The topological polar surface area (TPSA) is 107 Å². The number of rotatable bonds is 4. The number of hydrogen-bond acceptors (Lipinski definition) is 5. The molecule has 0 amide bonds. The fraction of sp³-hybridized carbons (Fsp3) is 0.444. The van der Waals surface area contributed by atoms with Gasteiger partial charge in [-0.3, -0.25) is 0 Å². The second kappa shape index (κ2) is 7.90. The lowest BCUT2D eigenvalue weighted by Gasteiger charge is -2.56. The third-order valence-corrected chi connectivity index (χ3v) is 9.90. The van der Waals surface area contributed by atoms with Gasteiger partial charge >= 0.3 is 5.97 Å². The Morgan fingerprint density at radius 3 is 2.66 bits per heavy atom. The molecule has 3 aliphatic carbocycles. The van der Waals surface area contributed by atoms with E-state index in [1.54, 1.807) is 6.07 Å². The van der Waals surface area contributed by atoms with Gasteiger partial charge in [0.05, 0.1) is 10.5 Å². The number of aryl methyl sites for hydroxylation is 1. The number of allylic oxidation sites excluding steroid dienone is 1. The molecule has 8 heteroatoms. The van der Waals surface area contributed by atoms with Crippen LogP contribution in [0.2, 0.25) is 0 Å². The summed E-state index contributed by atoms with van der Waals surface area (Å²) in [5.74, 6) is -2.72. The van der Waals surface area contributed by atoms with E-state index in [0.29, 0.717) is 19.3 Å². The molecule has 0 aromatic heterocycles. The molecule has 6 nitrogen and oxygen atoms in total. The van der Waals surface area contributed by atoms with Crippen LogP contribution < -0.4 is 5.14 Å². The first-order valence-corrected chi connectivity index (χ1v) is 13.5. The fourth-order valence-electron chi connectivity index (χ4n) is 7.13. The molecule has 3 N–H and O–H groups in total. The number of benzene rings is 2. The highest BCUT2D eigenvalue weighted by Crippen LogP contribution is 2.67. The first-order valence-electron chi connectivity index (χ1n) is 11.9. The van der Waals surface area contributed by atoms with E-state index in [1.807, 2.05) is 25.1 Å².